The number of nitrogen functional groups attached to an aromatic ring is 1. The highest BCUT2D eigenvalue weighted by Crippen LogP contribution is 2.21. The van der Waals surface area contributed by atoms with Gasteiger partial charge in [0.15, 0.2) is 5.69 Å². The van der Waals surface area contributed by atoms with Crippen LogP contribution in [0, 0.1) is 0 Å². The van der Waals surface area contributed by atoms with Crippen LogP contribution >= 0.6 is 0 Å². The summed E-state index contributed by atoms with van der Waals surface area (Å²) in [7, 11) is 1.69. The molecule has 0 aliphatic heterocycles. The standard InChI is InChI=1S/C13H23N5O2/c1-6-18(5)13(20)8(4)15-12(19)11-9(14)10(7(2)3)16-17-11/h7-8H,6,14H2,1-5H3,(H,15,19)(H,16,17). The van der Waals surface area contributed by atoms with Crippen molar-refractivity contribution in [1.82, 2.24) is 20.4 Å². The fourth-order valence-corrected chi connectivity index (χ4v) is 1.79. The molecule has 2 amide bonds. The minimum Gasteiger partial charge on any atom is -0.395 e. The summed E-state index contributed by atoms with van der Waals surface area (Å²) in [6, 6.07) is -0.619. The molecule has 20 heavy (non-hydrogen) atoms. The van der Waals surface area contributed by atoms with Crippen molar-refractivity contribution in [2.45, 2.75) is 39.7 Å². The summed E-state index contributed by atoms with van der Waals surface area (Å²) in [5.74, 6) is -0.454. The number of nitrogens with two attached hydrogens (primary N) is 1. The Balaban J connectivity index is 2.79. The van der Waals surface area contributed by atoms with Gasteiger partial charge in [-0.05, 0) is 19.8 Å². The van der Waals surface area contributed by atoms with Gasteiger partial charge in [0.1, 0.15) is 6.04 Å². The average molecular weight is 281 g/mol. The molecule has 0 fully saturated rings. The first kappa shape index (κ1) is 16.0. The summed E-state index contributed by atoms with van der Waals surface area (Å²) >= 11 is 0. The molecule has 0 saturated heterocycles. The molecular formula is C13H23N5O2. The molecule has 1 heterocycles. The summed E-state index contributed by atoms with van der Waals surface area (Å²) in [4.78, 5) is 25.5. The highest BCUT2D eigenvalue weighted by atomic mass is 16.2. The molecule has 112 valence electrons. The predicted octanol–water partition coefficient (Wildman–Crippen LogP) is 0.712. The second kappa shape index (κ2) is 6.40. The lowest BCUT2D eigenvalue weighted by molar-refractivity contribution is -0.131. The van der Waals surface area contributed by atoms with Gasteiger partial charge in [-0.2, -0.15) is 5.10 Å². The van der Waals surface area contributed by atoms with Crippen LogP contribution in [0.4, 0.5) is 5.69 Å². The molecule has 1 aromatic heterocycles. The van der Waals surface area contributed by atoms with Gasteiger partial charge < -0.3 is 16.0 Å². The van der Waals surface area contributed by atoms with Gasteiger partial charge in [0.25, 0.3) is 5.91 Å². The Morgan fingerprint density at radius 1 is 1.40 bits per heavy atom. The van der Waals surface area contributed by atoms with Gasteiger partial charge in [-0.3, -0.25) is 14.7 Å². The minimum atomic E-state index is -0.619. The highest BCUT2D eigenvalue weighted by molar-refractivity contribution is 6.00. The number of hydrogen-bond donors (Lipinski definition) is 3. The number of hydrogen-bond acceptors (Lipinski definition) is 4. The summed E-state index contributed by atoms with van der Waals surface area (Å²) in [6.45, 7) is 7.99. The third-order valence-electron chi connectivity index (χ3n) is 3.19. The van der Waals surface area contributed by atoms with E-state index in [-0.39, 0.29) is 17.5 Å². The molecule has 0 radical (unpaired) electrons. The number of aromatic nitrogens is 2. The minimum absolute atomic E-state index is 0.132. The number of carbonyl (C=O) groups is 2. The van der Waals surface area contributed by atoms with E-state index in [1.807, 2.05) is 20.8 Å². The van der Waals surface area contributed by atoms with E-state index in [9.17, 15) is 9.59 Å². The third kappa shape index (κ3) is 3.28. The Kier molecular flexibility index (Phi) is 5.12. The fraction of sp³-hybridized carbons (Fsp3) is 0.615. The molecule has 0 aliphatic rings. The quantitative estimate of drug-likeness (QED) is 0.739. The highest BCUT2D eigenvalue weighted by Gasteiger charge is 2.23. The molecule has 7 nitrogen and oxygen atoms in total. The van der Waals surface area contributed by atoms with Crippen molar-refractivity contribution >= 4 is 17.5 Å². The van der Waals surface area contributed by atoms with Crippen molar-refractivity contribution in [1.29, 1.82) is 0 Å². The number of likely N-dealkylation sites (N-methyl/N-ethyl adjacent to an activating group) is 1. The maximum atomic E-state index is 12.1. The number of nitrogens with one attached hydrogen (secondary N) is 2. The number of rotatable bonds is 5. The Morgan fingerprint density at radius 3 is 2.45 bits per heavy atom. The van der Waals surface area contributed by atoms with Gasteiger partial charge in [-0.15, -0.1) is 0 Å². The van der Waals surface area contributed by atoms with Gasteiger partial charge in [-0.1, -0.05) is 13.8 Å². The summed E-state index contributed by atoms with van der Waals surface area (Å²) in [6.07, 6.45) is 0. The third-order valence-corrected chi connectivity index (χ3v) is 3.19. The van der Waals surface area contributed by atoms with Gasteiger partial charge >= 0.3 is 0 Å². The van der Waals surface area contributed by atoms with E-state index in [1.54, 1.807) is 18.9 Å². The number of aromatic amines is 1. The largest absolute Gasteiger partial charge is 0.395 e. The molecule has 4 N–H and O–H groups in total. The van der Waals surface area contributed by atoms with Gasteiger partial charge in [0.2, 0.25) is 5.91 Å². The molecule has 0 aromatic carbocycles. The monoisotopic (exact) mass is 281 g/mol. The van der Waals surface area contributed by atoms with Crippen LogP contribution in [-0.4, -0.2) is 46.5 Å². The number of anilines is 1. The normalized spacial score (nSPS) is 12.3. The summed E-state index contributed by atoms with van der Waals surface area (Å²) in [5, 5.41) is 9.30. The van der Waals surface area contributed by atoms with Crippen molar-refractivity contribution in [2.75, 3.05) is 19.3 Å². The van der Waals surface area contributed by atoms with Crippen LogP contribution in [0.15, 0.2) is 0 Å². The lowest BCUT2D eigenvalue weighted by atomic mass is 10.1. The van der Waals surface area contributed by atoms with E-state index in [0.717, 1.165) is 5.69 Å². The van der Waals surface area contributed by atoms with Crippen LogP contribution < -0.4 is 11.1 Å². The molecule has 0 spiro atoms. The van der Waals surface area contributed by atoms with E-state index in [0.29, 0.717) is 12.2 Å². The number of carbonyl (C=O) groups excluding carboxylic acids is 2. The second-order valence-electron chi connectivity index (χ2n) is 5.10. The van der Waals surface area contributed by atoms with E-state index >= 15 is 0 Å². The van der Waals surface area contributed by atoms with Crippen molar-refractivity contribution in [3.05, 3.63) is 11.4 Å². The first-order valence-corrected chi connectivity index (χ1v) is 6.69. The maximum absolute atomic E-state index is 12.1. The zero-order valence-corrected chi connectivity index (χ0v) is 12.7. The van der Waals surface area contributed by atoms with E-state index in [1.165, 1.54) is 0 Å². The molecule has 0 saturated carbocycles. The van der Waals surface area contributed by atoms with Gasteiger partial charge in [-0.25, -0.2) is 0 Å². The van der Waals surface area contributed by atoms with E-state index in [2.05, 4.69) is 15.5 Å². The topological polar surface area (TPSA) is 104 Å². The molecule has 0 bridgehead atoms. The second-order valence-corrected chi connectivity index (χ2v) is 5.10. The Morgan fingerprint density at radius 2 is 2.00 bits per heavy atom. The molecule has 1 atom stereocenters. The molecule has 0 aliphatic carbocycles. The lowest BCUT2D eigenvalue weighted by Gasteiger charge is -2.20. The molecule has 1 rings (SSSR count). The molecule has 7 heteroatoms. The Hall–Kier alpha value is -2.05. The predicted molar refractivity (Wildman–Crippen MR) is 77.3 cm³/mol. The number of amides is 2. The SMILES string of the molecule is CCN(C)C(=O)C(C)NC(=O)c1n[nH]c(C(C)C)c1N. The van der Waals surface area contributed by atoms with Crippen molar-refractivity contribution in [3.63, 3.8) is 0 Å². The summed E-state index contributed by atoms with van der Waals surface area (Å²) < 4.78 is 0. The Labute approximate surface area is 118 Å². The van der Waals surface area contributed by atoms with Crippen LogP contribution in [0.1, 0.15) is 49.8 Å². The molecular weight excluding hydrogens is 258 g/mol. The zero-order chi connectivity index (χ0) is 15.4. The smallest absolute Gasteiger partial charge is 0.274 e. The van der Waals surface area contributed by atoms with Crippen LogP contribution in [0.2, 0.25) is 0 Å². The van der Waals surface area contributed by atoms with Crippen molar-refractivity contribution in [3.8, 4) is 0 Å². The first-order valence-electron chi connectivity index (χ1n) is 6.69. The number of nitrogens with zero attached hydrogens (tertiary/aromatic N) is 2. The number of H-pyrrole nitrogens is 1. The molecule has 1 aromatic rings. The van der Waals surface area contributed by atoms with Crippen LogP contribution in [0.25, 0.3) is 0 Å². The van der Waals surface area contributed by atoms with E-state index < -0.39 is 11.9 Å². The summed E-state index contributed by atoms with van der Waals surface area (Å²) in [5.41, 5.74) is 7.08. The Bertz CT molecular complexity index is 495. The van der Waals surface area contributed by atoms with E-state index in [4.69, 9.17) is 5.73 Å². The first-order chi connectivity index (χ1) is 9.29. The maximum Gasteiger partial charge on any atom is 0.274 e. The van der Waals surface area contributed by atoms with Crippen LogP contribution in [0.5, 0.6) is 0 Å². The lowest BCUT2D eigenvalue weighted by Crippen LogP contribution is -2.45. The average Bonchev–Trinajstić information content (AvgIpc) is 2.78. The fourth-order valence-electron chi connectivity index (χ4n) is 1.79. The van der Waals surface area contributed by atoms with Gasteiger partial charge in [0.05, 0.1) is 11.4 Å². The van der Waals surface area contributed by atoms with Crippen LogP contribution in [-0.2, 0) is 4.79 Å². The van der Waals surface area contributed by atoms with Gasteiger partial charge in [0, 0.05) is 13.6 Å². The van der Waals surface area contributed by atoms with Crippen molar-refractivity contribution in [2.24, 2.45) is 0 Å². The molecule has 1 unspecified atom stereocenters. The van der Waals surface area contributed by atoms with Crippen LogP contribution in [0.3, 0.4) is 0 Å². The van der Waals surface area contributed by atoms with Crippen molar-refractivity contribution < 1.29 is 9.59 Å². The zero-order valence-electron chi connectivity index (χ0n) is 12.7.